The molecule has 3 aromatic carbocycles. The number of ether oxygens (including phenoxy) is 2. The van der Waals surface area contributed by atoms with Crippen LogP contribution in [0.25, 0.3) is 0 Å². The zero-order valence-electron chi connectivity index (χ0n) is 19.2. The summed E-state index contributed by atoms with van der Waals surface area (Å²) in [7, 11) is 0. The SMILES string of the molecule is Oc1ccc2c(c1)OC[C@H](c1ccccc1)[C@H]2c1ccc(OCCCCN2CCCC2)cc1. The highest BCUT2D eigenvalue weighted by Gasteiger charge is 2.33. The normalized spacial score (nSPS) is 20.2. The Balaban J connectivity index is 1.28. The van der Waals surface area contributed by atoms with Crippen LogP contribution in [0.2, 0.25) is 0 Å². The molecule has 4 heteroatoms. The van der Waals surface area contributed by atoms with Gasteiger partial charge < -0.3 is 19.5 Å². The first-order chi connectivity index (χ1) is 16.3. The fourth-order valence-corrected chi connectivity index (χ4v) is 5.20. The molecule has 0 unspecified atom stereocenters. The van der Waals surface area contributed by atoms with Crippen LogP contribution < -0.4 is 9.47 Å². The molecule has 2 heterocycles. The predicted octanol–water partition coefficient (Wildman–Crippen LogP) is 5.96. The number of phenols is 1. The minimum atomic E-state index is 0.159. The van der Waals surface area contributed by atoms with Crippen LogP contribution in [0.3, 0.4) is 0 Å². The van der Waals surface area contributed by atoms with E-state index in [2.05, 4.69) is 53.4 Å². The first kappa shape index (κ1) is 21.8. The second kappa shape index (κ2) is 10.3. The van der Waals surface area contributed by atoms with Crippen LogP contribution in [0.1, 0.15) is 54.2 Å². The second-order valence-corrected chi connectivity index (χ2v) is 9.20. The largest absolute Gasteiger partial charge is 0.508 e. The Hall–Kier alpha value is -2.98. The van der Waals surface area contributed by atoms with E-state index in [-0.39, 0.29) is 17.6 Å². The average Bonchev–Trinajstić information content (AvgIpc) is 3.38. The molecule has 2 aliphatic rings. The lowest BCUT2D eigenvalue weighted by Crippen LogP contribution is -2.25. The Bertz CT molecular complexity index is 1030. The topological polar surface area (TPSA) is 41.9 Å². The van der Waals surface area contributed by atoms with Gasteiger partial charge in [0.05, 0.1) is 13.2 Å². The summed E-state index contributed by atoms with van der Waals surface area (Å²) in [5.74, 6) is 2.30. The smallest absolute Gasteiger partial charge is 0.126 e. The van der Waals surface area contributed by atoms with E-state index in [0.717, 1.165) is 30.1 Å². The summed E-state index contributed by atoms with van der Waals surface area (Å²) in [5, 5.41) is 9.95. The number of fused-ring (bicyclic) bond motifs is 1. The van der Waals surface area contributed by atoms with Crippen LogP contribution in [0, 0.1) is 0 Å². The number of aromatic hydroxyl groups is 1. The molecule has 4 nitrogen and oxygen atoms in total. The zero-order valence-corrected chi connectivity index (χ0v) is 19.2. The van der Waals surface area contributed by atoms with E-state index < -0.39 is 0 Å². The molecule has 3 aromatic rings. The molecule has 1 N–H and O–H groups in total. The number of likely N-dealkylation sites (tertiary alicyclic amines) is 1. The van der Waals surface area contributed by atoms with Crippen molar-refractivity contribution in [3.8, 4) is 17.2 Å². The van der Waals surface area contributed by atoms with Crippen LogP contribution in [0.5, 0.6) is 17.2 Å². The molecule has 0 spiro atoms. The van der Waals surface area contributed by atoms with E-state index in [9.17, 15) is 5.11 Å². The van der Waals surface area contributed by atoms with Crippen molar-refractivity contribution in [3.05, 3.63) is 89.5 Å². The maximum absolute atomic E-state index is 9.95. The molecule has 5 rings (SSSR count). The summed E-state index contributed by atoms with van der Waals surface area (Å²) in [4.78, 5) is 2.56. The number of rotatable bonds is 8. The van der Waals surface area contributed by atoms with Crippen molar-refractivity contribution in [3.63, 3.8) is 0 Å². The van der Waals surface area contributed by atoms with Crippen LogP contribution in [-0.4, -0.2) is 42.9 Å². The van der Waals surface area contributed by atoms with E-state index in [4.69, 9.17) is 9.47 Å². The van der Waals surface area contributed by atoms with Gasteiger partial charge in [0.15, 0.2) is 0 Å². The summed E-state index contributed by atoms with van der Waals surface area (Å²) in [6.07, 6.45) is 4.99. The number of nitrogens with zero attached hydrogens (tertiary/aromatic N) is 1. The van der Waals surface area contributed by atoms with Gasteiger partial charge in [-0.3, -0.25) is 0 Å². The van der Waals surface area contributed by atoms with Gasteiger partial charge in [-0.05, 0) is 74.6 Å². The van der Waals surface area contributed by atoms with E-state index in [1.54, 1.807) is 12.1 Å². The molecule has 0 aliphatic carbocycles. The second-order valence-electron chi connectivity index (χ2n) is 9.20. The highest BCUT2D eigenvalue weighted by Crippen LogP contribution is 2.47. The first-order valence-corrected chi connectivity index (χ1v) is 12.2. The fourth-order valence-electron chi connectivity index (χ4n) is 5.20. The average molecular weight is 444 g/mol. The van der Waals surface area contributed by atoms with Crippen molar-refractivity contribution in [2.75, 3.05) is 32.8 Å². The Morgan fingerprint density at radius 3 is 2.45 bits per heavy atom. The maximum Gasteiger partial charge on any atom is 0.126 e. The van der Waals surface area contributed by atoms with E-state index in [1.165, 1.54) is 50.0 Å². The summed E-state index contributed by atoms with van der Waals surface area (Å²) in [5.41, 5.74) is 3.61. The number of phenolic OH excluding ortho intramolecular Hbond substituents is 1. The number of benzene rings is 3. The Morgan fingerprint density at radius 2 is 1.67 bits per heavy atom. The van der Waals surface area contributed by atoms with Crippen molar-refractivity contribution in [2.45, 2.75) is 37.5 Å². The molecule has 0 saturated carbocycles. The molecule has 0 aromatic heterocycles. The van der Waals surface area contributed by atoms with E-state index in [0.29, 0.717) is 6.61 Å². The molecule has 1 saturated heterocycles. The van der Waals surface area contributed by atoms with E-state index in [1.807, 2.05) is 12.1 Å². The minimum Gasteiger partial charge on any atom is -0.508 e. The Labute approximate surface area is 196 Å². The van der Waals surface area contributed by atoms with Gasteiger partial charge in [-0.25, -0.2) is 0 Å². The monoisotopic (exact) mass is 443 g/mol. The first-order valence-electron chi connectivity index (χ1n) is 12.2. The number of unbranched alkanes of at least 4 members (excludes halogenated alkanes) is 1. The highest BCUT2D eigenvalue weighted by atomic mass is 16.5. The van der Waals surface area contributed by atoms with Crippen molar-refractivity contribution >= 4 is 0 Å². The van der Waals surface area contributed by atoms with Crippen LogP contribution in [-0.2, 0) is 0 Å². The quantitative estimate of drug-likeness (QED) is 0.437. The summed E-state index contributed by atoms with van der Waals surface area (Å²) < 4.78 is 12.1. The number of hydrogen-bond donors (Lipinski definition) is 1. The molecular weight excluding hydrogens is 410 g/mol. The van der Waals surface area contributed by atoms with Gasteiger partial charge in [-0.1, -0.05) is 48.5 Å². The van der Waals surface area contributed by atoms with Gasteiger partial charge >= 0.3 is 0 Å². The molecule has 0 bridgehead atoms. The summed E-state index contributed by atoms with van der Waals surface area (Å²) in [6, 6.07) is 24.6. The maximum atomic E-state index is 9.95. The molecule has 33 heavy (non-hydrogen) atoms. The lowest BCUT2D eigenvalue weighted by Gasteiger charge is -2.34. The van der Waals surface area contributed by atoms with Gasteiger partial charge in [0.25, 0.3) is 0 Å². The van der Waals surface area contributed by atoms with E-state index >= 15 is 0 Å². The zero-order chi connectivity index (χ0) is 22.5. The van der Waals surface area contributed by atoms with Crippen molar-refractivity contribution < 1.29 is 14.6 Å². The standard InChI is InChI=1S/C29H33NO3/c31-24-12-15-26-28(20-24)33-21-27(22-8-2-1-3-9-22)29(26)23-10-13-25(14-11-23)32-19-7-6-18-30-16-4-5-17-30/h1-3,8-15,20,27,29,31H,4-7,16-19,21H2/t27-,29+/m1/s1. The van der Waals surface area contributed by atoms with Gasteiger partial charge in [-0.2, -0.15) is 0 Å². The molecule has 1 fully saturated rings. The van der Waals surface area contributed by atoms with Crippen molar-refractivity contribution in [1.82, 2.24) is 4.90 Å². The van der Waals surface area contributed by atoms with Gasteiger partial charge in [0.2, 0.25) is 0 Å². The van der Waals surface area contributed by atoms with Crippen LogP contribution in [0.15, 0.2) is 72.8 Å². The van der Waals surface area contributed by atoms with Crippen LogP contribution >= 0.6 is 0 Å². The predicted molar refractivity (Wildman–Crippen MR) is 131 cm³/mol. The molecular formula is C29H33NO3. The lowest BCUT2D eigenvalue weighted by molar-refractivity contribution is 0.247. The molecule has 172 valence electrons. The molecule has 0 radical (unpaired) electrons. The summed E-state index contributed by atoms with van der Waals surface area (Å²) in [6.45, 7) is 5.07. The van der Waals surface area contributed by atoms with Gasteiger partial charge in [-0.15, -0.1) is 0 Å². The van der Waals surface area contributed by atoms with Crippen molar-refractivity contribution in [1.29, 1.82) is 0 Å². The molecule has 2 atom stereocenters. The fraction of sp³-hybridized carbons (Fsp3) is 0.379. The molecule has 0 amide bonds. The third kappa shape index (κ3) is 5.17. The van der Waals surface area contributed by atoms with Crippen LogP contribution in [0.4, 0.5) is 0 Å². The third-order valence-electron chi connectivity index (χ3n) is 6.96. The summed E-state index contributed by atoms with van der Waals surface area (Å²) >= 11 is 0. The van der Waals surface area contributed by atoms with Gasteiger partial charge in [0.1, 0.15) is 17.2 Å². The van der Waals surface area contributed by atoms with Crippen molar-refractivity contribution in [2.24, 2.45) is 0 Å². The Morgan fingerprint density at radius 1 is 0.879 bits per heavy atom. The third-order valence-corrected chi connectivity index (χ3v) is 6.96. The van der Waals surface area contributed by atoms with Gasteiger partial charge in [0, 0.05) is 23.5 Å². The number of hydrogen-bond acceptors (Lipinski definition) is 4. The molecule has 2 aliphatic heterocycles. The minimum absolute atomic E-state index is 0.159. The lowest BCUT2D eigenvalue weighted by atomic mass is 9.76. The highest BCUT2D eigenvalue weighted by molar-refractivity contribution is 5.50. The Kier molecular flexibility index (Phi) is 6.82.